The molecular weight excluding hydrogens is 528 g/mol. The van der Waals surface area contributed by atoms with E-state index in [-0.39, 0.29) is 23.4 Å². The molecule has 5 rings (SSSR count). The second-order valence-electron chi connectivity index (χ2n) is 9.52. The number of nitro benzene ring substituents is 1. The van der Waals surface area contributed by atoms with E-state index in [1.54, 1.807) is 32.9 Å². The Morgan fingerprint density at radius 2 is 1.98 bits per heavy atom. The van der Waals surface area contributed by atoms with Gasteiger partial charge in [-0.05, 0) is 45.4 Å². The summed E-state index contributed by atoms with van der Waals surface area (Å²) in [6.07, 6.45) is 3.69. The summed E-state index contributed by atoms with van der Waals surface area (Å²) in [7, 11) is 0. The van der Waals surface area contributed by atoms with Crippen LogP contribution in [0.4, 0.5) is 5.69 Å². The average molecular weight is 557 g/mol. The number of ether oxygens (including phenoxy) is 1. The molecule has 3 heterocycles. The van der Waals surface area contributed by atoms with Crippen LogP contribution in [0.15, 0.2) is 76.2 Å². The number of hydrogen-bond acceptors (Lipinski definition) is 7. The van der Waals surface area contributed by atoms with Crippen LogP contribution in [0.2, 0.25) is 0 Å². The van der Waals surface area contributed by atoms with Crippen LogP contribution in [0.3, 0.4) is 0 Å². The van der Waals surface area contributed by atoms with Gasteiger partial charge in [-0.15, -0.1) is 6.58 Å². The largest absolute Gasteiger partial charge is 0.463 e. The summed E-state index contributed by atoms with van der Waals surface area (Å²) in [6, 6.07) is 11.8. The standard InChI is InChI=1S/C30H28N4O5S/c1-6-14-32-19(5)22(21-10-8-9-11-23(21)32)16-25-28(35)33-27(20-13-12-17(3)24(15-20)34(37)38)26(29(36)39-7-2)18(4)31-30(33)40-25/h6,8-13,15-16,27H,1,7,14H2,2-5H3/b25-16+/t27-/m0/s1. The van der Waals surface area contributed by atoms with Crippen LogP contribution in [0.5, 0.6) is 0 Å². The highest BCUT2D eigenvalue weighted by atomic mass is 32.1. The predicted octanol–water partition coefficient (Wildman–Crippen LogP) is 4.46. The van der Waals surface area contributed by atoms with E-state index in [2.05, 4.69) is 16.1 Å². The lowest BCUT2D eigenvalue weighted by molar-refractivity contribution is -0.385. The summed E-state index contributed by atoms with van der Waals surface area (Å²) in [4.78, 5) is 43.5. The fraction of sp³-hybridized carbons (Fsp3) is 0.233. The van der Waals surface area contributed by atoms with Crippen molar-refractivity contribution in [2.75, 3.05) is 6.61 Å². The topological polar surface area (TPSA) is 109 Å². The first-order valence-corrected chi connectivity index (χ1v) is 13.6. The van der Waals surface area contributed by atoms with Gasteiger partial charge in [0.05, 0.1) is 33.4 Å². The third-order valence-electron chi connectivity index (χ3n) is 7.13. The Balaban J connectivity index is 1.79. The van der Waals surface area contributed by atoms with E-state index in [0.29, 0.717) is 32.7 Å². The minimum atomic E-state index is -0.931. The SMILES string of the molecule is C=CCn1c(C)c(/C=c2/sc3n(c2=O)[C@@H](c2ccc(C)c([N+](=O)[O-])c2)C(C(=O)OCC)=C(C)N=3)c2ccccc21. The molecule has 4 aromatic rings. The van der Waals surface area contributed by atoms with Crippen molar-refractivity contribution in [1.29, 1.82) is 0 Å². The lowest BCUT2D eigenvalue weighted by atomic mass is 9.94. The summed E-state index contributed by atoms with van der Waals surface area (Å²) in [5.74, 6) is -0.616. The summed E-state index contributed by atoms with van der Waals surface area (Å²) in [6.45, 7) is 11.7. The van der Waals surface area contributed by atoms with Gasteiger partial charge in [0.25, 0.3) is 11.2 Å². The zero-order valence-corrected chi connectivity index (χ0v) is 23.4. The second-order valence-corrected chi connectivity index (χ2v) is 10.5. The number of rotatable bonds is 7. The van der Waals surface area contributed by atoms with E-state index in [0.717, 1.165) is 22.2 Å². The van der Waals surface area contributed by atoms with Crippen LogP contribution in [-0.4, -0.2) is 26.6 Å². The molecule has 204 valence electrons. The Morgan fingerprint density at radius 1 is 1.23 bits per heavy atom. The van der Waals surface area contributed by atoms with Gasteiger partial charge in [-0.1, -0.05) is 47.7 Å². The lowest BCUT2D eigenvalue weighted by Gasteiger charge is -2.24. The van der Waals surface area contributed by atoms with Gasteiger partial charge in [-0.3, -0.25) is 19.5 Å². The molecule has 1 aliphatic rings. The molecule has 10 heteroatoms. The van der Waals surface area contributed by atoms with Crippen molar-refractivity contribution < 1.29 is 14.5 Å². The van der Waals surface area contributed by atoms with Crippen LogP contribution in [0.1, 0.15) is 42.3 Å². The highest BCUT2D eigenvalue weighted by molar-refractivity contribution is 7.07. The molecule has 0 radical (unpaired) electrons. The van der Waals surface area contributed by atoms with E-state index in [4.69, 9.17) is 4.74 Å². The van der Waals surface area contributed by atoms with Crippen molar-refractivity contribution >= 4 is 40.0 Å². The third kappa shape index (κ3) is 4.40. The number of nitrogens with zero attached hydrogens (tertiary/aromatic N) is 4. The second kappa shape index (κ2) is 10.5. The normalized spacial score (nSPS) is 15.2. The molecular formula is C30H28N4O5S. The maximum atomic E-state index is 14.1. The molecule has 2 aromatic carbocycles. The van der Waals surface area contributed by atoms with Gasteiger partial charge in [0, 0.05) is 40.3 Å². The number of carbonyl (C=O) groups is 1. The van der Waals surface area contributed by atoms with Gasteiger partial charge in [-0.2, -0.15) is 0 Å². The van der Waals surface area contributed by atoms with Gasteiger partial charge >= 0.3 is 5.97 Å². The molecule has 0 spiro atoms. The summed E-state index contributed by atoms with van der Waals surface area (Å²) >= 11 is 1.22. The van der Waals surface area contributed by atoms with Crippen LogP contribution < -0.4 is 14.9 Å². The number of aromatic nitrogens is 2. The molecule has 0 saturated heterocycles. The number of allylic oxidation sites excluding steroid dienone is 2. The summed E-state index contributed by atoms with van der Waals surface area (Å²) in [5.41, 5.74) is 3.98. The first kappa shape index (κ1) is 27.0. The van der Waals surface area contributed by atoms with Crippen LogP contribution in [-0.2, 0) is 16.1 Å². The zero-order chi connectivity index (χ0) is 28.7. The number of fused-ring (bicyclic) bond motifs is 2. The maximum absolute atomic E-state index is 14.1. The van der Waals surface area contributed by atoms with Crippen LogP contribution in [0.25, 0.3) is 17.0 Å². The number of esters is 1. The molecule has 1 aliphatic heterocycles. The fourth-order valence-electron chi connectivity index (χ4n) is 5.24. The van der Waals surface area contributed by atoms with E-state index in [1.165, 1.54) is 22.0 Å². The Labute approximate surface area is 233 Å². The first-order valence-electron chi connectivity index (χ1n) is 12.8. The maximum Gasteiger partial charge on any atom is 0.338 e. The van der Waals surface area contributed by atoms with E-state index in [9.17, 15) is 19.7 Å². The molecule has 0 bridgehead atoms. The smallest absolute Gasteiger partial charge is 0.338 e. The fourth-order valence-corrected chi connectivity index (χ4v) is 6.26. The van der Waals surface area contributed by atoms with Gasteiger partial charge in [-0.25, -0.2) is 9.79 Å². The lowest BCUT2D eigenvalue weighted by Crippen LogP contribution is -2.40. The Morgan fingerprint density at radius 3 is 2.67 bits per heavy atom. The molecule has 9 nitrogen and oxygen atoms in total. The zero-order valence-electron chi connectivity index (χ0n) is 22.6. The van der Waals surface area contributed by atoms with Crippen LogP contribution in [0, 0.1) is 24.0 Å². The van der Waals surface area contributed by atoms with Gasteiger partial charge in [0.1, 0.15) is 0 Å². The average Bonchev–Trinajstić information content (AvgIpc) is 3.37. The van der Waals surface area contributed by atoms with Gasteiger partial charge in [0.2, 0.25) is 0 Å². The molecule has 0 N–H and O–H groups in total. The summed E-state index contributed by atoms with van der Waals surface area (Å²) < 4.78 is 9.36. The quantitative estimate of drug-likeness (QED) is 0.145. The minimum Gasteiger partial charge on any atom is -0.463 e. The monoisotopic (exact) mass is 556 g/mol. The van der Waals surface area contributed by atoms with E-state index >= 15 is 0 Å². The highest BCUT2D eigenvalue weighted by Gasteiger charge is 2.34. The highest BCUT2D eigenvalue weighted by Crippen LogP contribution is 2.33. The number of carbonyl (C=O) groups excluding carboxylic acids is 1. The van der Waals surface area contributed by atoms with Crippen molar-refractivity contribution in [1.82, 2.24) is 9.13 Å². The molecule has 0 amide bonds. The van der Waals surface area contributed by atoms with Gasteiger partial charge in [0.15, 0.2) is 4.80 Å². The molecule has 0 aliphatic carbocycles. The van der Waals surface area contributed by atoms with E-state index < -0.39 is 16.9 Å². The van der Waals surface area contributed by atoms with Crippen molar-refractivity contribution in [2.24, 2.45) is 4.99 Å². The van der Waals surface area contributed by atoms with Crippen LogP contribution >= 0.6 is 11.3 Å². The summed E-state index contributed by atoms with van der Waals surface area (Å²) in [5, 5.41) is 12.8. The number of thiazole rings is 1. The molecule has 2 aromatic heterocycles. The molecule has 40 heavy (non-hydrogen) atoms. The molecule has 0 unspecified atom stereocenters. The number of benzene rings is 2. The number of aryl methyl sites for hydroxylation is 1. The Kier molecular flexibility index (Phi) is 7.12. The molecule has 0 fully saturated rings. The van der Waals surface area contributed by atoms with E-state index in [1.807, 2.05) is 43.3 Å². The van der Waals surface area contributed by atoms with Crippen molar-refractivity contribution in [2.45, 2.75) is 40.3 Å². The first-order chi connectivity index (χ1) is 19.2. The minimum absolute atomic E-state index is 0.0943. The van der Waals surface area contributed by atoms with Crippen molar-refractivity contribution in [3.63, 3.8) is 0 Å². The Bertz CT molecular complexity index is 1930. The number of nitro groups is 1. The molecule has 0 saturated carbocycles. The molecule has 1 atom stereocenters. The third-order valence-corrected chi connectivity index (χ3v) is 8.11. The number of hydrogen-bond donors (Lipinski definition) is 0. The van der Waals surface area contributed by atoms with Gasteiger partial charge < -0.3 is 9.30 Å². The number of para-hydroxylation sites is 1. The van der Waals surface area contributed by atoms with Crippen molar-refractivity contribution in [3.8, 4) is 0 Å². The Hall–Kier alpha value is -4.57. The van der Waals surface area contributed by atoms with Crippen molar-refractivity contribution in [3.05, 3.63) is 119 Å². The predicted molar refractivity (Wildman–Crippen MR) is 155 cm³/mol.